The van der Waals surface area contributed by atoms with E-state index in [4.69, 9.17) is 5.73 Å². The monoisotopic (exact) mass is 302 g/mol. The molecule has 0 saturated carbocycles. The van der Waals surface area contributed by atoms with Gasteiger partial charge in [-0.2, -0.15) is 0 Å². The predicted molar refractivity (Wildman–Crippen MR) is 71.3 cm³/mol. The molecule has 0 spiro atoms. The van der Waals surface area contributed by atoms with Crippen molar-refractivity contribution in [2.24, 2.45) is 0 Å². The van der Waals surface area contributed by atoms with Crippen molar-refractivity contribution >= 4 is 23.3 Å². The molecule has 0 aliphatic heterocycles. The topological polar surface area (TPSA) is 38.0 Å². The fourth-order valence-corrected chi connectivity index (χ4v) is 2.26. The molecule has 2 aromatic carbocycles. The molecule has 0 aliphatic carbocycles. The van der Waals surface area contributed by atoms with Crippen LogP contribution < -0.4 is 10.5 Å². The Labute approximate surface area is 117 Å². The van der Waals surface area contributed by atoms with Crippen molar-refractivity contribution in [1.29, 1.82) is 0 Å². The predicted octanol–water partition coefficient (Wildman–Crippen LogP) is 4.25. The molecule has 0 aliphatic rings. The summed E-state index contributed by atoms with van der Waals surface area (Å²) in [7, 11) is 0. The van der Waals surface area contributed by atoms with Crippen LogP contribution in [0.15, 0.2) is 29.2 Å². The van der Waals surface area contributed by atoms with Gasteiger partial charge in [-0.3, -0.25) is 0 Å². The lowest BCUT2D eigenvalue weighted by Gasteiger charge is -2.10. The summed E-state index contributed by atoms with van der Waals surface area (Å²) >= 11 is 0.877. The highest BCUT2D eigenvalue weighted by atomic mass is 32.2. The Morgan fingerprint density at radius 1 is 0.950 bits per heavy atom. The van der Waals surface area contributed by atoms with Crippen LogP contribution >= 0.6 is 11.9 Å². The number of halogens is 4. The largest absolute Gasteiger partial charge is 0.394 e. The summed E-state index contributed by atoms with van der Waals surface area (Å²) in [5.41, 5.74) is 4.67. The van der Waals surface area contributed by atoms with Gasteiger partial charge in [0, 0.05) is 10.5 Å². The van der Waals surface area contributed by atoms with E-state index in [0.717, 1.165) is 24.1 Å². The first-order valence-electron chi connectivity index (χ1n) is 5.52. The molecule has 0 heterocycles. The Kier molecular flexibility index (Phi) is 4.08. The fraction of sp³-hybridized carbons (Fsp3) is 0.0769. The zero-order valence-electron chi connectivity index (χ0n) is 10.3. The zero-order valence-corrected chi connectivity index (χ0v) is 11.1. The Morgan fingerprint density at radius 2 is 1.60 bits per heavy atom. The van der Waals surface area contributed by atoms with Gasteiger partial charge in [0.15, 0.2) is 17.5 Å². The second kappa shape index (κ2) is 5.62. The van der Waals surface area contributed by atoms with E-state index in [1.165, 1.54) is 19.1 Å². The number of nitrogens with one attached hydrogen (secondary N) is 1. The lowest BCUT2D eigenvalue weighted by Crippen LogP contribution is -2.00. The first-order chi connectivity index (χ1) is 9.41. The molecule has 2 aromatic rings. The van der Waals surface area contributed by atoms with Crippen molar-refractivity contribution in [3.8, 4) is 0 Å². The standard InChI is InChI=1S/C13H10F4N2S/c1-6-10(5-3-7(14)11(6)16)20-19-9-4-2-8(15)13(18)12(9)17/h2-5,19H,18H2,1H3. The van der Waals surface area contributed by atoms with Gasteiger partial charge >= 0.3 is 0 Å². The maximum atomic E-state index is 13.6. The van der Waals surface area contributed by atoms with Gasteiger partial charge in [-0.15, -0.1) is 0 Å². The van der Waals surface area contributed by atoms with Crippen molar-refractivity contribution in [2.45, 2.75) is 11.8 Å². The van der Waals surface area contributed by atoms with Gasteiger partial charge in [0.2, 0.25) is 0 Å². The summed E-state index contributed by atoms with van der Waals surface area (Å²) in [5.74, 6) is -3.71. The van der Waals surface area contributed by atoms with Crippen molar-refractivity contribution in [1.82, 2.24) is 0 Å². The number of rotatable bonds is 3. The Balaban J connectivity index is 2.22. The molecule has 20 heavy (non-hydrogen) atoms. The van der Waals surface area contributed by atoms with Gasteiger partial charge < -0.3 is 10.5 Å². The first-order valence-corrected chi connectivity index (χ1v) is 6.34. The molecule has 7 heteroatoms. The van der Waals surface area contributed by atoms with Crippen LogP contribution in [-0.4, -0.2) is 0 Å². The lowest BCUT2D eigenvalue weighted by atomic mass is 10.2. The van der Waals surface area contributed by atoms with Gasteiger partial charge in [-0.25, -0.2) is 17.6 Å². The number of benzene rings is 2. The lowest BCUT2D eigenvalue weighted by molar-refractivity contribution is 0.499. The van der Waals surface area contributed by atoms with Crippen molar-refractivity contribution in [2.75, 3.05) is 10.5 Å². The highest BCUT2D eigenvalue weighted by Gasteiger charge is 2.13. The minimum Gasteiger partial charge on any atom is -0.394 e. The van der Waals surface area contributed by atoms with Crippen LogP contribution in [-0.2, 0) is 0 Å². The van der Waals surface area contributed by atoms with E-state index in [1.54, 1.807) is 0 Å². The molecule has 0 fully saturated rings. The molecule has 2 rings (SSSR count). The second-order valence-electron chi connectivity index (χ2n) is 4.01. The summed E-state index contributed by atoms with van der Waals surface area (Å²) < 4.78 is 55.5. The molecule has 0 unspecified atom stereocenters. The van der Waals surface area contributed by atoms with Crippen LogP contribution in [0.1, 0.15) is 5.56 Å². The zero-order chi connectivity index (χ0) is 14.9. The van der Waals surface area contributed by atoms with Crippen LogP contribution in [0.2, 0.25) is 0 Å². The van der Waals surface area contributed by atoms with Gasteiger partial charge in [0.1, 0.15) is 11.5 Å². The molecular weight excluding hydrogens is 292 g/mol. The highest BCUT2D eigenvalue weighted by Crippen LogP contribution is 2.30. The minimum absolute atomic E-state index is 0.0435. The number of nitrogen functional groups attached to an aromatic ring is 1. The summed E-state index contributed by atoms with van der Waals surface area (Å²) in [6.07, 6.45) is 0. The number of hydrogen-bond donors (Lipinski definition) is 2. The molecule has 0 bridgehead atoms. The molecule has 3 N–H and O–H groups in total. The van der Waals surface area contributed by atoms with Crippen molar-refractivity contribution in [3.05, 3.63) is 53.1 Å². The number of anilines is 2. The molecule has 0 saturated heterocycles. The van der Waals surface area contributed by atoms with Crippen LogP contribution in [0.25, 0.3) is 0 Å². The maximum absolute atomic E-state index is 13.6. The van der Waals surface area contributed by atoms with Crippen LogP contribution in [0.4, 0.5) is 28.9 Å². The summed E-state index contributed by atoms with van der Waals surface area (Å²) in [6.45, 7) is 1.40. The van der Waals surface area contributed by atoms with E-state index in [0.29, 0.717) is 4.90 Å². The maximum Gasteiger partial charge on any atom is 0.172 e. The van der Waals surface area contributed by atoms with Crippen LogP contribution in [0, 0.1) is 30.2 Å². The van der Waals surface area contributed by atoms with Gasteiger partial charge in [-0.1, -0.05) is 0 Å². The average Bonchev–Trinajstić information content (AvgIpc) is 2.43. The molecule has 0 radical (unpaired) electrons. The molecular formula is C13H10F4N2S. The Hall–Kier alpha value is -1.89. The summed E-state index contributed by atoms with van der Waals surface area (Å²) in [6, 6.07) is 4.51. The second-order valence-corrected chi connectivity index (χ2v) is 4.86. The summed E-state index contributed by atoms with van der Waals surface area (Å²) in [4.78, 5) is 0.381. The van der Waals surface area contributed by atoms with Gasteiger partial charge in [0.25, 0.3) is 0 Å². The number of nitrogens with two attached hydrogens (primary N) is 1. The van der Waals surface area contributed by atoms with E-state index < -0.39 is 29.0 Å². The third kappa shape index (κ3) is 2.67. The van der Waals surface area contributed by atoms with E-state index >= 15 is 0 Å². The van der Waals surface area contributed by atoms with Gasteiger partial charge in [0.05, 0.1) is 5.69 Å². The smallest absolute Gasteiger partial charge is 0.172 e. The minimum atomic E-state index is -0.962. The molecule has 0 aromatic heterocycles. The van der Waals surface area contributed by atoms with Crippen molar-refractivity contribution < 1.29 is 17.6 Å². The average molecular weight is 302 g/mol. The Bertz CT molecular complexity index is 604. The van der Waals surface area contributed by atoms with E-state index in [2.05, 4.69) is 4.72 Å². The highest BCUT2D eigenvalue weighted by molar-refractivity contribution is 8.00. The molecule has 0 atom stereocenters. The fourth-order valence-electron chi connectivity index (χ4n) is 1.50. The first kappa shape index (κ1) is 14.5. The Morgan fingerprint density at radius 3 is 2.30 bits per heavy atom. The van der Waals surface area contributed by atoms with E-state index in [9.17, 15) is 17.6 Å². The van der Waals surface area contributed by atoms with Crippen molar-refractivity contribution in [3.63, 3.8) is 0 Å². The number of hydrogen-bond acceptors (Lipinski definition) is 3. The van der Waals surface area contributed by atoms with Crippen LogP contribution in [0.5, 0.6) is 0 Å². The van der Waals surface area contributed by atoms with Crippen LogP contribution in [0.3, 0.4) is 0 Å². The van der Waals surface area contributed by atoms with E-state index in [-0.39, 0.29) is 11.3 Å². The molecule has 2 nitrogen and oxygen atoms in total. The normalized spacial score (nSPS) is 10.7. The molecule has 0 amide bonds. The quantitative estimate of drug-likeness (QED) is 0.505. The third-order valence-corrected chi connectivity index (χ3v) is 3.67. The van der Waals surface area contributed by atoms with Gasteiger partial charge in [-0.05, 0) is 43.1 Å². The summed E-state index contributed by atoms with van der Waals surface area (Å²) in [5, 5.41) is 0. The van der Waals surface area contributed by atoms with E-state index in [1.807, 2.05) is 0 Å². The third-order valence-electron chi connectivity index (χ3n) is 2.69. The molecule has 106 valence electrons. The SMILES string of the molecule is Cc1c(SNc2ccc(F)c(N)c2F)ccc(F)c1F.